The topological polar surface area (TPSA) is 81.2 Å². The fraction of sp³-hybridized carbons (Fsp3) is 0.308. The van der Waals surface area contributed by atoms with Gasteiger partial charge >= 0.3 is 0 Å². The second-order valence-corrected chi connectivity index (χ2v) is 4.79. The van der Waals surface area contributed by atoms with E-state index in [-0.39, 0.29) is 24.2 Å². The first-order valence-corrected chi connectivity index (χ1v) is 6.04. The van der Waals surface area contributed by atoms with E-state index in [2.05, 4.69) is 4.98 Å². The van der Waals surface area contributed by atoms with Gasteiger partial charge < -0.3 is 5.73 Å². The van der Waals surface area contributed by atoms with Gasteiger partial charge in [-0.1, -0.05) is 12.1 Å². The van der Waals surface area contributed by atoms with Gasteiger partial charge in [0.15, 0.2) is 0 Å². The van der Waals surface area contributed by atoms with Crippen LogP contribution in [0.1, 0.15) is 18.0 Å². The first kappa shape index (κ1) is 11.7. The number of aryl methyl sites for hydroxylation is 1. The van der Waals surface area contributed by atoms with Gasteiger partial charge in [-0.25, -0.2) is 4.98 Å². The first-order valence-electron chi connectivity index (χ1n) is 6.04. The number of nitrogens with zero attached hydrogens (tertiary/aromatic N) is 3. The van der Waals surface area contributed by atoms with Crippen molar-refractivity contribution in [2.45, 2.75) is 19.4 Å². The number of likely N-dealkylation sites (tertiary alicyclic amines) is 1. The van der Waals surface area contributed by atoms with Gasteiger partial charge in [0.1, 0.15) is 6.04 Å². The van der Waals surface area contributed by atoms with E-state index in [0.29, 0.717) is 0 Å². The number of rotatable bonds is 1. The Morgan fingerprint density at radius 2 is 2.11 bits per heavy atom. The third-order valence-corrected chi connectivity index (χ3v) is 3.61. The molecule has 1 aromatic carbocycles. The van der Waals surface area contributed by atoms with Gasteiger partial charge in [0, 0.05) is 7.05 Å². The highest BCUT2D eigenvalue weighted by molar-refractivity contribution is 6.05. The Bertz CT molecular complexity index is 704. The summed E-state index contributed by atoms with van der Waals surface area (Å²) in [6.07, 6.45) is 0.138. The van der Waals surface area contributed by atoms with Crippen molar-refractivity contribution in [3.8, 4) is 0 Å². The summed E-state index contributed by atoms with van der Waals surface area (Å²) in [6.45, 7) is 1.94. The van der Waals surface area contributed by atoms with Crippen molar-refractivity contribution in [1.29, 1.82) is 0 Å². The molecule has 2 N–H and O–H groups in total. The first-order chi connectivity index (χ1) is 9.00. The number of anilines is 1. The van der Waals surface area contributed by atoms with Crippen molar-refractivity contribution in [1.82, 2.24) is 14.5 Å². The number of imide groups is 1. The molecule has 3 rings (SSSR count). The second-order valence-electron chi connectivity index (χ2n) is 4.79. The lowest BCUT2D eigenvalue weighted by atomic mass is 10.1. The summed E-state index contributed by atoms with van der Waals surface area (Å²) in [4.78, 5) is 29.2. The molecule has 6 heteroatoms. The van der Waals surface area contributed by atoms with E-state index in [1.807, 2.05) is 25.1 Å². The quantitative estimate of drug-likeness (QED) is 0.769. The second kappa shape index (κ2) is 3.81. The lowest BCUT2D eigenvalue weighted by Crippen LogP contribution is -2.27. The summed E-state index contributed by atoms with van der Waals surface area (Å²) in [7, 11) is 1.49. The van der Waals surface area contributed by atoms with E-state index in [1.165, 1.54) is 7.05 Å². The molecule has 98 valence electrons. The van der Waals surface area contributed by atoms with Gasteiger partial charge in [-0.2, -0.15) is 0 Å². The monoisotopic (exact) mass is 258 g/mol. The maximum atomic E-state index is 12.1. The fourth-order valence-electron chi connectivity index (χ4n) is 2.59. The Morgan fingerprint density at radius 1 is 1.37 bits per heavy atom. The van der Waals surface area contributed by atoms with Gasteiger partial charge in [0.05, 0.1) is 17.5 Å². The normalized spacial score (nSPS) is 19.7. The lowest BCUT2D eigenvalue weighted by molar-refractivity contribution is -0.137. The number of carbonyl (C=O) groups is 2. The fourth-order valence-corrected chi connectivity index (χ4v) is 2.59. The number of imidazole rings is 1. The molecule has 2 aromatic rings. The number of amides is 2. The molecule has 0 spiro atoms. The maximum absolute atomic E-state index is 12.1. The van der Waals surface area contributed by atoms with Crippen molar-refractivity contribution in [2.75, 3.05) is 12.8 Å². The number of likely N-dealkylation sites (N-methyl/N-ethyl adjacent to an activating group) is 1. The minimum Gasteiger partial charge on any atom is -0.369 e. The molecule has 0 saturated carbocycles. The Balaban J connectivity index is 2.24. The molecule has 1 aliphatic rings. The Labute approximate surface area is 109 Å². The van der Waals surface area contributed by atoms with Crippen LogP contribution in [0.4, 0.5) is 5.95 Å². The number of para-hydroxylation sites is 1. The zero-order valence-electron chi connectivity index (χ0n) is 10.8. The predicted molar refractivity (Wildman–Crippen MR) is 70.3 cm³/mol. The van der Waals surface area contributed by atoms with Crippen LogP contribution in [0.25, 0.3) is 11.0 Å². The van der Waals surface area contributed by atoms with Crippen LogP contribution >= 0.6 is 0 Å². The number of carbonyl (C=O) groups excluding carboxylic acids is 2. The molecule has 0 bridgehead atoms. The van der Waals surface area contributed by atoms with Crippen LogP contribution in [0.5, 0.6) is 0 Å². The molecular formula is C13H14N4O2. The summed E-state index contributed by atoms with van der Waals surface area (Å²) in [5.74, 6) is -0.158. The molecule has 1 unspecified atom stereocenters. The maximum Gasteiger partial charge on any atom is 0.252 e. The molecule has 19 heavy (non-hydrogen) atoms. The van der Waals surface area contributed by atoms with Gasteiger partial charge in [-0.3, -0.25) is 19.1 Å². The molecule has 6 nitrogen and oxygen atoms in total. The third-order valence-electron chi connectivity index (χ3n) is 3.61. The van der Waals surface area contributed by atoms with Crippen molar-refractivity contribution < 1.29 is 9.59 Å². The number of nitrogens with two attached hydrogens (primary N) is 1. The van der Waals surface area contributed by atoms with Crippen LogP contribution in [0, 0.1) is 6.92 Å². The Hall–Kier alpha value is -2.37. The minimum absolute atomic E-state index is 0.138. The average Bonchev–Trinajstić information content (AvgIpc) is 2.82. The molecule has 1 aliphatic heterocycles. The zero-order valence-corrected chi connectivity index (χ0v) is 10.8. The van der Waals surface area contributed by atoms with Crippen LogP contribution in [0.2, 0.25) is 0 Å². The number of hydrogen-bond donors (Lipinski definition) is 1. The number of aromatic nitrogens is 2. The van der Waals surface area contributed by atoms with Crippen LogP contribution < -0.4 is 5.73 Å². The molecule has 1 fully saturated rings. The van der Waals surface area contributed by atoms with Crippen molar-refractivity contribution in [3.05, 3.63) is 23.8 Å². The molecule has 0 aliphatic carbocycles. The SMILES string of the molecule is Cc1cccc2nc(N)n(C3CC(=O)N(C)C3=O)c12. The van der Waals surface area contributed by atoms with Crippen molar-refractivity contribution >= 4 is 28.8 Å². The smallest absolute Gasteiger partial charge is 0.252 e. The van der Waals surface area contributed by atoms with E-state index < -0.39 is 6.04 Å². The third kappa shape index (κ3) is 1.53. The summed E-state index contributed by atoms with van der Waals surface area (Å²) in [5.41, 5.74) is 8.47. The van der Waals surface area contributed by atoms with E-state index in [9.17, 15) is 9.59 Å². The van der Waals surface area contributed by atoms with E-state index >= 15 is 0 Å². The van der Waals surface area contributed by atoms with Crippen LogP contribution in [0.15, 0.2) is 18.2 Å². The summed E-state index contributed by atoms with van der Waals surface area (Å²) < 4.78 is 1.68. The predicted octanol–water partition coefficient (Wildman–Crippen LogP) is 0.857. The van der Waals surface area contributed by atoms with E-state index in [0.717, 1.165) is 21.5 Å². The molecule has 1 atom stereocenters. The Morgan fingerprint density at radius 3 is 2.74 bits per heavy atom. The molecule has 1 saturated heterocycles. The van der Waals surface area contributed by atoms with E-state index in [1.54, 1.807) is 4.57 Å². The standard InChI is InChI=1S/C13H14N4O2/c1-7-4-3-5-8-11(7)17(13(14)15-8)9-6-10(18)16(2)12(9)19/h3-5,9H,6H2,1-2H3,(H2,14,15). The van der Waals surface area contributed by atoms with E-state index in [4.69, 9.17) is 5.73 Å². The average molecular weight is 258 g/mol. The highest BCUT2D eigenvalue weighted by Crippen LogP contribution is 2.31. The molecule has 1 aromatic heterocycles. The Kier molecular flexibility index (Phi) is 2.35. The summed E-state index contributed by atoms with van der Waals surface area (Å²) in [6, 6.07) is 5.09. The summed E-state index contributed by atoms with van der Waals surface area (Å²) >= 11 is 0. The zero-order chi connectivity index (χ0) is 13.7. The van der Waals surface area contributed by atoms with Crippen LogP contribution in [-0.4, -0.2) is 33.3 Å². The van der Waals surface area contributed by atoms with Crippen molar-refractivity contribution in [3.63, 3.8) is 0 Å². The lowest BCUT2D eigenvalue weighted by Gasteiger charge is -2.14. The van der Waals surface area contributed by atoms with Crippen LogP contribution in [0.3, 0.4) is 0 Å². The van der Waals surface area contributed by atoms with Gasteiger partial charge in [-0.15, -0.1) is 0 Å². The summed E-state index contributed by atoms with van der Waals surface area (Å²) in [5, 5.41) is 0. The number of benzene rings is 1. The number of fused-ring (bicyclic) bond motifs is 1. The van der Waals surface area contributed by atoms with Gasteiger partial charge in [0.25, 0.3) is 5.91 Å². The molecule has 2 heterocycles. The highest BCUT2D eigenvalue weighted by atomic mass is 16.2. The largest absolute Gasteiger partial charge is 0.369 e. The number of hydrogen-bond acceptors (Lipinski definition) is 4. The number of nitrogen functional groups attached to an aromatic ring is 1. The van der Waals surface area contributed by atoms with Crippen LogP contribution in [-0.2, 0) is 9.59 Å². The molecule has 2 amide bonds. The minimum atomic E-state index is -0.580. The van der Waals surface area contributed by atoms with Gasteiger partial charge in [0.2, 0.25) is 11.9 Å². The highest BCUT2D eigenvalue weighted by Gasteiger charge is 2.39. The van der Waals surface area contributed by atoms with Crippen molar-refractivity contribution in [2.24, 2.45) is 0 Å². The van der Waals surface area contributed by atoms with Gasteiger partial charge in [-0.05, 0) is 18.6 Å². The molecular weight excluding hydrogens is 244 g/mol. The molecule has 0 radical (unpaired) electrons.